The Morgan fingerprint density at radius 1 is 0.909 bits per heavy atom. The molecule has 2 aliphatic rings. The van der Waals surface area contributed by atoms with Crippen molar-refractivity contribution < 1.29 is 28.8 Å². The summed E-state index contributed by atoms with van der Waals surface area (Å²) in [6.07, 6.45) is 4.17. The van der Waals surface area contributed by atoms with Crippen molar-refractivity contribution in [1.82, 2.24) is 4.90 Å². The number of carbonyl (C=O) groups is 1. The number of fused-ring (bicyclic) bond motifs is 1. The Kier molecular flexibility index (Phi) is 6.70. The lowest BCUT2D eigenvalue weighted by atomic mass is 9.66. The molecule has 7 heteroatoms. The number of hydrogen-bond donors (Lipinski definition) is 1. The molecule has 1 N–H and O–H groups in total. The third-order valence-corrected chi connectivity index (χ3v) is 7.23. The normalized spacial score (nSPS) is 24.6. The van der Waals surface area contributed by atoms with Crippen molar-refractivity contribution in [3.63, 3.8) is 0 Å². The average Bonchev–Trinajstić information content (AvgIpc) is 2.86. The zero-order chi connectivity index (χ0) is 23.6. The molecule has 33 heavy (non-hydrogen) atoms. The Morgan fingerprint density at radius 3 is 2.24 bits per heavy atom. The first-order chi connectivity index (χ1) is 16.0. The van der Waals surface area contributed by atoms with E-state index >= 15 is 0 Å². The monoisotopic (exact) mass is 455 g/mol. The number of benzene rings is 2. The van der Waals surface area contributed by atoms with Gasteiger partial charge in [-0.05, 0) is 43.5 Å². The molecule has 7 nitrogen and oxygen atoms in total. The highest BCUT2D eigenvalue weighted by Gasteiger charge is 2.51. The molecular formula is C26H33NO6. The van der Waals surface area contributed by atoms with Crippen LogP contribution in [0.5, 0.6) is 23.0 Å². The van der Waals surface area contributed by atoms with Crippen LogP contribution in [-0.4, -0.2) is 56.5 Å². The maximum Gasteiger partial charge on any atom is 0.258 e. The molecule has 1 saturated carbocycles. The first-order valence-corrected chi connectivity index (χ1v) is 11.4. The molecule has 0 unspecified atom stereocenters. The summed E-state index contributed by atoms with van der Waals surface area (Å²) in [4.78, 5) is 15.8. The van der Waals surface area contributed by atoms with Crippen molar-refractivity contribution in [3.05, 3.63) is 47.5 Å². The Morgan fingerprint density at radius 2 is 1.58 bits per heavy atom. The van der Waals surface area contributed by atoms with Gasteiger partial charge in [0.05, 0.1) is 45.6 Å². The van der Waals surface area contributed by atoms with Crippen LogP contribution >= 0.6 is 0 Å². The van der Waals surface area contributed by atoms with E-state index in [1.165, 1.54) is 0 Å². The van der Waals surface area contributed by atoms with E-state index in [0.717, 1.165) is 31.2 Å². The number of hydrogen-bond acceptors (Lipinski definition) is 6. The van der Waals surface area contributed by atoms with Crippen molar-refractivity contribution in [3.8, 4) is 23.0 Å². The van der Waals surface area contributed by atoms with Gasteiger partial charge in [-0.3, -0.25) is 4.79 Å². The molecule has 4 rings (SSSR count). The molecular weight excluding hydrogens is 422 g/mol. The fourth-order valence-corrected chi connectivity index (χ4v) is 5.49. The van der Waals surface area contributed by atoms with Gasteiger partial charge in [-0.1, -0.05) is 12.8 Å². The van der Waals surface area contributed by atoms with Crippen LogP contribution in [0, 0.1) is 5.92 Å². The van der Waals surface area contributed by atoms with Gasteiger partial charge in [0.2, 0.25) is 0 Å². The zero-order valence-corrected chi connectivity index (χ0v) is 19.8. The number of amides is 1. The quantitative estimate of drug-likeness (QED) is 0.703. The standard InChI is InChI=1S/C26H33NO6/c1-30-17-8-10-19(22(15-17)32-3)24-21-7-5-6-12-26(21,29)13-14-27(24)25(28)20-11-9-18(31-2)16-23(20)33-4/h8-11,15-16,21,24,29H,5-7,12-14H2,1-4H3/t21-,24-,26-/m0/s1. The van der Waals surface area contributed by atoms with Gasteiger partial charge < -0.3 is 29.0 Å². The first-order valence-electron chi connectivity index (χ1n) is 11.4. The van der Waals surface area contributed by atoms with Gasteiger partial charge in [0, 0.05) is 30.2 Å². The minimum Gasteiger partial charge on any atom is -0.497 e. The van der Waals surface area contributed by atoms with Crippen LogP contribution in [0.2, 0.25) is 0 Å². The van der Waals surface area contributed by atoms with Gasteiger partial charge in [0.15, 0.2) is 0 Å². The van der Waals surface area contributed by atoms with E-state index in [-0.39, 0.29) is 17.9 Å². The number of likely N-dealkylation sites (tertiary alicyclic amines) is 1. The molecule has 178 valence electrons. The van der Waals surface area contributed by atoms with E-state index in [1.807, 2.05) is 23.1 Å². The number of carbonyl (C=O) groups excluding carboxylic acids is 1. The summed E-state index contributed by atoms with van der Waals surface area (Å²) >= 11 is 0. The van der Waals surface area contributed by atoms with Gasteiger partial charge in [-0.15, -0.1) is 0 Å². The Bertz CT molecular complexity index is 1010. The second kappa shape index (κ2) is 9.51. The topological polar surface area (TPSA) is 77.5 Å². The summed E-state index contributed by atoms with van der Waals surface area (Å²) in [5.74, 6) is 2.19. The Balaban J connectivity index is 1.81. The third kappa shape index (κ3) is 4.22. The van der Waals surface area contributed by atoms with E-state index in [1.54, 1.807) is 46.6 Å². The van der Waals surface area contributed by atoms with Gasteiger partial charge >= 0.3 is 0 Å². The summed E-state index contributed by atoms with van der Waals surface area (Å²) in [5, 5.41) is 11.6. The summed E-state index contributed by atoms with van der Waals surface area (Å²) < 4.78 is 21.9. The van der Waals surface area contributed by atoms with Gasteiger partial charge in [0.1, 0.15) is 23.0 Å². The number of nitrogens with zero attached hydrogens (tertiary/aromatic N) is 1. The lowest BCUT2D eigenvalue weighted by Crippen LogP contribution is -2.56. The van der Waals surface area contributed by atoms with Crippen LogP contribution < -0.4 is 18.9 Å². The Labute approximate surface area is 195 Å². The number of rotatable bonds is 6. The predicted octanol–water partition coefficient (Wildman–Crippen LogP) is 4.23. The van der Waals surface area contributed by atoms with Gasteiger partial charge in [-0.2, -0.15) is 0 Å². The minimum atomic E-state index is -0.797. The van der Waals surface area contributed by atoms with Crippen molar-refractivity contribution in [2.75, 3.05) is 35.0 Å². The molecule has 3 atom stereocenters. The summed E-state index contributed by atoms with van der Waals surface area (Å²) in [7, 11) is 6.36. The number of ether oxygens (including phenoxy) is 4. The predicted molar refractivity (Wildman–Crippen MR) is 124 cm³/mol. The maximum absolute atomic E-state index is 13.9. The molecule has 0 bridgehead atoms. The molecule has 2 fully saturated rings. The average molecular weight is 456 g/mol. The fourth-order valence-electron chi connectivity index (χ4n) is 5.49. The molecule has 1 amide bonds. The maximum atomic E-state index is 13.9. The van der Waals surface area contributed by atoms with E-state index < -0.39 is 5.60 Å². The summed E-state index contributed by atoms with van der Waals surface area (Å²) in [5.41, 5.74) is 0.551. The fraction of sp³-hybridized carbons (Fsp3) is 0.500. The third-order valence-electron chi connectivity index (χ3n) is 7.23. The lowest BCUT2D eigenvalue weighted by Gasteiger charge is -2.52. The smallest absolute Gasteiger partial charge is 0.258 e. The molecule has 1 aliphatic carbocycles. The van der Waals surface area contributed by atoms with Crippen LogP contribution in [0.4, 0.5) is 0 Å². The summed E-state index contributed by atoms with van der Waals surface area (Å²) in [6.45, 7) is 0.445. The lowest BCUT2D eigenvalue weighted by molar-refractivity contribution is -0.115. The molecule has 2 aromatic rings. The van der Waals surface area contributed by atoms with Gasteiger partial charge in [-0.25, -0.2) is 0 Å². The van der Waals surface area contributed by atoms with Crippen molar-refractivity contribution in [2.24, 2.45) is 5.92 Å². The molecule has 0 spiro atoms. The number of methoxy groups -OCH3 is 4. The molecule has 2 aromatic carbocycles. The Hall–Kier alpha value is -2.93. The minimum absolute atomic E-state index is 0.0875. The highest BCUT2D eigenvalue weighted by Crippen LogP contribution is 2.51. The molecule has 1 heterocycles. The second-order valence-electron chi connectivity index (χ2n) is 8.82. The molecule has 0 radical (unpaired) electrons. The highest BCUT2D eigenvalue weighted by molar-refractivity contribution is 5.97. The SMILES string of the molecule is COc1ccc(C(=O)N2CC[C@@]3(O)CCCC[C@H]3[C@@H]2c2ccc(OC)cc2OC)c(OC)c1. The number of aliphatic hydroxyl groups is 1. The highest BCUT2D eigenvalue weighted by atomic mass is 16.5. The van der Waals surface area contributed by atoms with Crippen molar-refractivity contribution in [2.45, 2.75) is 43.7 Å². The van der Waals surface area contributed by atoms with Crippen LogP contribution in [0.1, 0.15) is 54.1 Å². The van der Waals surface area contributed by atoms with Crippen molar-refractivity contribution in [1.29, 1.82) is 0 Å². The summed E-state index contributed by atoms with van der Waals surface area (Å²) in [6, 6.07) is 10.6. The molecule has 0 aromatic heterocycles. The van der Waals surface area contributed by atoms with E-state index in [9.17, 15) is 9.90 Å². The zero-order valence-electron chi connectivity index (χ0n) is 19.8. The second-order valence-corrected chi connectivity index (χ2v) is 8.82. The van der Waals surface area contributed by atoms with Crippen LogP contribution in [-0.2, 0) is 0 Å². The largest absolute Gasteiger partial charge is 0.497 e. The molecule has 1 saturated heterocycles. The first kappa shape index (κ1) is 23.2. The van der Waals surface area contributed by atoms with Crippen LogP contribution in [0.3, 0.4) is 0 Å². The van der Waals surface area contributed by atoms with E-state index in [0.29, 0.717) is 41.5 Å². The van der Waals surface area contributed by atoms with Crippen molar-refractivity contribution >= 4 is 5.91 Å². The van der Waals surface area contributed by atoms with Gasteiger partial charge in [0.25, 0.3) is 5.91 Å². The van der Waals surface area contributed by atoms with Crippen LogP contribution in [0.15, 0.2) is 36.4 Å². The van der Waals surface area contributed by atoms with E-state index in [2.05, 4.69) is 0 Å². The molecule has 1 aliphatic heterocycles. The van der Waals surface area contributed by atoms with Crippen LogP contribution in [0.25, 0.3) is 0 Å². The number of piperidine rings is 1. The van der Waals surface area contributed by atoms with E-state index in [4.69, 9.17) is 18.9 Å².